The SMILES string of the molecule is COc1ccc(-c2ccc(C#N)c(S[C@@H]3CC(=O)N(c4ccc(Cl)cc4)C3=O)n2)cc1. The van der Waals surface area contributed by atoms with E-state index in [1.807, 2.05) is 24.3 Å². The van der Waals surface area contributed by atoms with Gasteiger partial charge in [-0.15, -0.1) is 0 Å². The maximum atomic E-state index is 13.0. The summed E-state index contributed by atoms with van der Waals surface area (Å²) in [6.45, 7) is 0. The van der Waals surface area contributed by atoms with E-state index >= 15 is 0 Å². The third-order valence-corrected chi connectivity index (χ3v) is 6.25. The molecule has 0 spiro atoms. The minimum atomic E-state index is -0.658. The fourth-order valence-electron chi connectivity index (χ4n) is 3.23. The fraction of sp³-hybridized carbons (Fsp3) is 0.130. The van der Waals surface area contributed by atoms with E-state index in [2.05, 4.69) is 11.1 Å². The lowest BCUT2D eigenvalue weighted by Crippen LogP contribution is -2.31. The van der Waals surface area contributed by atoms with Gasteiger partial charge in [0, 0.05) is 17.0 Å². The standard InChI is InChI=1S/C23H16ClN3O3S/c1-30-18-9-2-14(3-10-18)19-11-4-15(13-25)22(26-19)31-20-12-21(28)27(23(20)29)17-7-5-16(24)6-8-17/h2-11,20H,12H2,1H3/t20-/m1/s1. The number of imide groups is 1. The minimum absolute atomic E-state index is 0.0332. The van der Waals surface area contributed by atoms with Crippen LogP contribution in [0, 0.1) is 11.3 Å². The Kier molecular flexibility index (Phi) is 5.94. The molecule has 8 heteroatoms. The van der Waals surface area contributed by atoms with E-state index in [1.54, 1.807) is 43.5 Å². The van der Waals surface area contributed by atoms with Gasteiger partial charge in [0.1, 0.15) is 16.8 Å². The van der Waals surface area contributed by atoms with Gasteiger partial charge in [0.05, 0.1) is 29.3 Å². The van der Waals surface area contributed by atoms with Crippen LogP contribution in [0.2, 0.25) is 5.02 Å². The van der Waals surface area contributed by atoms with Crippen molar-refractivity contribution in [1.82, 2.24) is 4.98 Å². The molecule has 2 heterocycles. The Morgan fingerprint density at radius 3 is 2.45 bits per heavy atom. The summed E-state index contributed by atoms with van der Waals surface area (Å²) in [5.41, 5.74) is 2.34. The smallest absolute Gasteiger partial charge is 0.247 e. The molecule has 1 fully saturated rings. The van der Waals surface area contributed by atoms with E-state index in [4.69, 9.17) is 16.3 Å². The van der Waals surface area contributed by atoms with Crippen LogP contribution in [-0.4, -0.2) is 29.2 Å². The third kappa shape index (κ3) is 4.26. The molecule has 1 atom stereocenters. The first-order valence-corrected chi connectivity index (χ1v) is 10.6. The Morgan fingerprint density at radius 1 is 1.10 bits per heavy atom. The zero-order chi connectivity index (χ0) is 22.0. The molecule has 1 saturated heterocycles. The number of hydrogen-bond acceptors (Lipinski definition) is 6. The number of carbonyl (C=O) groups is 2. The molecule has 2 amide bonds. The molecular formula is C23H16ClN3O3S. The fourth-order valence-corrected chi connectivity index (χ4v) is 4.45. The van der Waals surface area contributed by atoms with Gasteiger partial charge in [0.2, 0.25) is 11.8 Å². The Hall–Kier alpha value is -3.34. The largest absolute Gasteiger partial charge is 0.497 e. The van der Waals surface area contributed by atoms with E-state index in [9.17, 15) is 14.9 Å². The van der Waals surface area contributed by atoms with Gasteiger partial charge in [-0.1, -0.05) is 23.4 Å². The summed E-state index contributed by atoms with van der Waals surface area (Å²) in [5, 5.41) is 9.78. The first kappa shape index (κ1) is 20.9. The van der Waals surface area contributed by atoms with Crippen molar-refractivity contribution < 1.29 is 14.3 Å². The van der Waals surface area contributed by atoms with Crippen LogP contribution in [0.25, 0.3) is 11.3 Å². The molecule has 1 aromatic heterocycles. The number of aromatic nitrogens is 1. The second-order valence-electron chi connectivity index (χ2n) is 6.74. The van der Waals surface area contributed by atoms with E-state index in [1.165, 1.54) is 0 Å². The van der Waals surface area contributed by atoms with Crippen molar-refractivity contribution in [2.45, 2.75) is 16.7 Å². The van der Waals surface area contributed by atoms with E-state index < -0.39 is 5.25 Å². The topological polar surface area (TPSA) is 83.3 Å². The average molecular weight is 450 g/mol. The Labute approximate surface area is 188 Å². The highest BCUT2D eigenvalue weighted by molar-refractivity contribution is 8.00. The summed E-state index contributed by atoms with van der Waals surface area (Å²) >= 11 is 7.04. The molecule has 4 rings (SSSR count). The van der Waals surface area contributed by atoms with Gasteiger partial charge in [-0.25, -0.2) is 9.88 Å². The molecule has 0 saturated carbocycles. The molecule has 0 N–H and O–H groups in total. The molecule has 1 aliphatic heterocycles. The highest BCUT2D eigenvalue weighted by Gasteiger charge is 2.40. The number of hydrogen-bond donors (Lipinski definition) is 0. The number of thioether (sulfide) groups is 1. The number of halogens is 1. The van der Waals surface area contributed by atoms with Gasteiger partial charge >= 0.3 is 0 Å². The maximum Gasteiger partial charge on any atom is 0.247 e. The van der Waals surface area contributed by atoms with Gasteiger partial charge in [-0.2, -0.15) is 5.26 Å². The van der Waals surface area contributed by atoms with E-state index in [-0.39, 0.29) is 18.2 Å². The average Bonchev–Trinajstić information content (AvgIpc) is 3.07. The van der Waals surface area contributed by atoms with Crippen LogP contribution >= 0.6 is 23.4 Å². The first-order chi connectivity index (χ1) is 15.0. The lowest BCUT2D eigenvalue weighted by Gasteiger charge is -2.15. The lowest BCUT2D eigenvalue weighted by atomic mass is 10.1. The van der Waals surface area contributed by atoms with Crippen molar-refractivity contribution in [2.24, 2.45) is 0 Å². The zero-order valence-corrected chi connectivity index (χ0v) is 18.0. The Morgan fingerprint density at radius 2 is 1.81 bits per heavy atom. The molecule has 31 heavy (non-hydrogen) atoms. The number of anilines is 1. The quantitative estimate of drug-likeness (QED) is 0.525. The normalized spacial score (nSPS) is 15.8. The molecule has 154 valence electrons. The van der Waals surface area contributed by atoms with Gasteiger partial charge < -0.3 is 4.74 Å². The number of nitrogens with zero attached hydrogens (tertiary/aromatic N) is 3. The number of methoxy groups -OCH3 is 1. The molecule has 6 nitrogen and oxygen atoms in total. The Bertz CT molecular complexity index is 1190. The maximum absolute atomic E-state index is 13.0. The molecule has 1 aliphatic rings. The van der Waals surface area contributed by atoms with Crippen molar-refractivity contribution in [3.05, 3.63) is 71.2 Å². The predicted octanol–water partition coefficient (Wildman–Crippen LogP) is 4.71. The highest BCUT2D eigenvalue weighted by atomic mass is 35.5. The van der Waals surface area contributed by atoms with Crippen LogP contribution in [0.4, 0.5) is 5.69 Å². The monoisotopic (exact) mass is 449 g/mol. The minimum Gasteiger partial charge on any atom is -0.497 e. The summed E-state index contributed by atoms with van der Waals surface area (Å²) in [4.78, 5) is 31.3. The molecule has 0 unspecified atom stereocenters. The van der Waals surface area contributed by atoms with Crippen LogP contribution in [0.15, 0.2) is 65.7 Å². The van der Waals surface area contributed by atoms with Crippen molar-refractivity contribution in [3.63, 3.8) is 0 Å². The molecular weight excluding hydrogens is 434 g/mol. The van der Waals surface area contributed by atoms with E-state index in [0.29, 0.717) is 27.0 Å². The van der Waals surface area contributed by atoms with Crippen LogP contribution in [-0.2, 0) is 9.59 Å². The molecule has 0 aliphatic carbocycles. The predicted molar refractivity (Wildman–Crippen MR) is 119 cm³/mol. The van der Waals surface area contributed by atoms with E-state index in [0.717, 1.165) is 28.0 Å². The Balaban J connectivity index is 1.61. The molecule has 0 radical (unpaired) electrons. The molecule has 2 aromatic carbocycles. The number of benzene rings is 2. The van der Waals surface area contributed by atoms with Crippen molar-refractivity contribution in [1.29, 1.82) is 5.26 Å². The number of nitriles is 1. The summed E-state index contributed by atoms with van der Waals surface area (Å²) in [6, 6.07) is 19.5. The van der Waals surface area contributed by atoms with Gasteiger partial charge in [-0.05, 0) is 60.7 Å². The van der Waals surface area contributed by atoms with Crippen molar-refractivity contribution in [2.75, 3.05) is 12.0 Å². The lowest BCUT2D eigenvalue weighted by molar-refractivity contribution is -0.121. The van der Waals surface area contributed by atoms with Crippen LogP contribution in [0.5, 0.6) is 5.75 Å². The number of ether oxygens (including phenoxy) is 1. The van der Waals surface area contributed by atoms with Crippen LogP contribution in [0.3, 0.4) is 0 Å². The van der Waals surface area contributed by atoms with Gasteiger partial charge in [0.15, 0.2) is 0 Å². The van der Waals surface area contributed by atoms with Crippen molar-refractivity contribution >= 4 is 40.9 Å². The van der Waals surface area contributed by atoms with Crippen LogP contribution < -0.4 is 9.64 Å². The summed E-state index contributed by atoms with van der Waals surface area (Å²) in [5.74, 6) is 0.0943. The molecule has 3 aromatic rings. The summed E-state index contributed by atoms with van der Waals surface area (Å²) < 4.78 is 5.18. The summed E-state index contributed by atoms with van der Waals surface area (Å²) in [6.07, 6.45) is 0.0332. The number of carbonyl (C=O) groups excluding carboxylic acids is 2. The number of pyridine rings is 1. The second kappa shape index (κ2) is 8.80. The van der Waals surface area contributed by atoms with Gasteiger partial charge in [-0.3, -0.25) is 9.59 Å². The zero-order valence-electron chi connectivity index (χ0n) is 16.4. The van der Waals surface area contributed by atoms with Gasteiger partial charge in [0.25, 0.3) is 0 Å². The second-order valence-corrected chi connectivity index (χ2v) is 8.37. The third-order valence-electron chi connectivity index (χ3n) is 4.81. The first-order valence-electron chi connectivity index (χ1n) is 9.34. The van der Waals surface area contributed by atoms with Crippen LogP contribution in [0.1, 0.15) is 12.0 Å². The highest BCUT2D eigenvalue weighted by Crippen LogP contribution is 2.36. The number of amides is 2. The molecule has 0 bridgehead atoms. The van der Waals surface area contributed by atoms with Crippen molar-refractivity contribution in [3.8, 4) is 23.1 Å². The number of rotatable bonds is 5. The summed E-state index contributed by atoms with van der Waals surface area (Å²) in [7, 11) is 1.59.